The van der Waals surface area contributed by atoms with E-state index in [-0.39, 0.29) is 11.3 Å². The molecule has 3 aliphatic heterocycles. The molecule has 5 rings (SSSR count). The molecule has 32 heavy (non-hydrogen) atoms. The minimum absolute atomic E-state index is 0.0247. The normalized spacial score (nSPS) is 21.1. The first-order valence-electron chi connectivity index (χ1n) is 12.0. The highest BCUT2D eigenvalue weighted by Gasteiger charge is 2.45. The SMILES string of the molecule is Cc1cccc(-c2ccc3c(c2)C2(CCOCC2)CN3C(=O)CCN2CCN(C)CC2)c1. The van der Waals surface area contributed by atoms with Crippen LogP contribution < -0.4 is 4.90 Å². The summed E-state index contributed by atoms with van der Waals surface area (Å²) in [6.07, 6.45) is 2.56. The molecule has 2 aromatic rings. The minimum atomic E-state index is 0.0247. The van der Waals surface area contributed by atoms with Gasteiger partial charge in [0.2, 0.25) is 5.91 Å². The van der Waals surface area contributed by atoms with Crippen molar-refractivity contribution in [1.82, 2.24) is 9.80 Å². The Labute approximate surface area is 191 Å². The zero-order chi connectivity index (χ0) is 22.1. The predicted octanol–water partition coefficient (Wildman–Crippen LogP) is 3.69. The number of amides is 1. The first-order valence-corrected chi connectivity index (χ1v) is 12.0. The molecule has 5 nitrogen and oxygen atoms in total. The van der Waals surface area contributed by atoms with Gasteiger partial charge in [-0.05, 0) is 55.6 Å². The van der Waals surface area contributed by atoms with Gasteiger partial charge in [0, 0.05) is 70.0 Å². The second-order valence-electron chi connectivity index (χ2n) is 9.87. The molecule has 5 heteroatoms. The Morgan fingerprint density at radius 2 is 1.75 bits per heavy atom. The van der Waals surface area contributed by atoms with E-state index in [9.17, 15) is 4.79 Å². The quantitative estimate of drug-likeness (QED) is 0.737. The van der Waals surface area contributed by atoms with Crippen LogP contribution in [0.5, 0.6) is 0 Å². The van der Waals surface area contributed by atoms with Crippen LogP contribution in [-0.4, -0.2) is 75.2 Å². The second-order valence-corrected chi connectivity index (χ2v) is 9.87. The van der Waals surface area contributed by atoms with Crippen LogP contribution in [0.3, 0.4) is 0 Å². The number of hydrogen-bond donors (Lipinski definition) is 0. The average molecular weight is 434 g/mol. The zero-order valence-electron chi connectivity index (χ0n) is 19.5. The molecule has 0 radical (unpaired) electrons. The fraction of sp³-hybridized carbons (Fsp3) is 0.519. The lowest BCUT2D eigenvalue weighted by Crippen LogP contribution is -2.46. The van der Waals surface area contributed by atoms with E-state index in [2.05, 4.69) is 71.1 Å². The van der Waals surface area contributed by atoms with Crippen molar-refractivity contribution >= 4 is 11.6 Å². The number of benzene rings is 2. The van der Waals surface area contributed by atoms with Crippen LogP contribution in [0.15, 0.2) is 42.5 Å². The number of nitrogens with zero attached hydrogens (tertiary/aromatic N) is 3. The molecular formula is C27H35N3O2. The third-order valence-corrected chi connectivity index (χ3v) is 7.66. The zero-order valence-corrected chi connectivity index (χ0v) is 19.5. The third-order valence-electron chi connectivity index (χ3n) is 7.66. The highest BCUT2D eigenvalue weighted by Crippen LogP contribution is 2.48. The van der Waals surface area contributed by atoms with Gasteiger partial charge in [0.25, 0.3) is 0 Å². The molecule has 3 aliphatic rings. The third kappa shape index (κ3) is 4.21. The standard InChI is InChI=1S/C27H35N3O2/c1-21-4-3-5-22(18-21)23-6-7-25-24(19-23)27(9-16-32-17-10-27)20-30(25)26(31)8-11-29-14-12-28(2)13-15-29/h3-7,18-19H,8-17,20H2,1-2H3. The summed E-state index contributed by atoms with van der Waals surface area (Å²) < 4.78 is 5.72. The van der Waals surface area contributed by atoms with Gasteiger partial charge in [-0.1, -0.05) is 35.9 Å². The van der Waals surface area contributed by atoms with Crippen molar-refractivity contribution < 1.29 is 9.53 Å². The topological polar surface area (TPSA) is 36.0 Å². The number of hydrogen-bond acceptors (Lipinski definition) is 4. The van der Waals surface area contributed by atoms with Crippen LogP contribution >= 0.6 is 0 Å². The van der Waals surface area contributed by atoms with Gasteiger partial charge in [0.05, 0.1) is 0 Å². The number of fused-ring (bicyclic) bond motifs is 2. The van der Waals surface area contributed by atoms with E-state index in [1.165, 1.54) is 22.3 Å². The maximum atomic E-state index is 13.4. The molecule has 170 valence electrons. The van der Waals surface area contributed by atoms with Crippen molar-refractivity contribution in [3.05, 3.63) is 53.6 Å². The van der Waals surface area contributed by atoms with Gasteiger partial charge in [0.15, 0.2) is 0 Å². The van der Waals surface area contributed by atoms with Gasteiger partial charge < -0.3 is 19.4 Å². The van der Waals surface area contributed by atoms with Crippen LogP contribution in [0.2, 0.25) is 0 Å². The summed E-state index contributed by atoms with van der Waals surface area (Å²) >= 11 is 0. The summed E-state index contributed by atoms with van der Waals surface area (Å²) in [6, 6.07) is 15.4. The van der Waals surface area contributed by atoms with Gasteiger partial charge in [-0.25, -0.2) is 0 Å². The Bertz CT molecular complexity index is 975. The van der Waals surface area contributed by atoms with Crippen LogP contribution in [-0.2, 0) is 14.9 Å². The summed E-state index contributed by atoms with van der Waals surface area (Å²) in [4.78, 5) is 20.3. The first-order chi connectivity index (χ1) is 15.5. The maximum Gasteiger partial charge on any atom is 0.228 e. The molecule has 1 spiro atoms. The van der Waals surface area contributed by atoms with Crippen LogP contribution in [0, 0.1) is 6.92 Å². The molecule has 0 atom stereocenters. The van der Waals surface area contributed by atoms with E-state index >= 15 is 0 Å². The maximum absolute atomic E-state index is 13.4. The van der Waals surface area contributed by atoms with E-state index in [0.717, 1.165) is 71.0 Å². The minimum Gasteiger partial charge on any atom is -0.381 e. The Morgan fingerprint density at radius 1 is 1.00 bits per heavy atom. The number of carbonyl (C=O) groups is 1. The highest BCUT2D eigenvalue weighted by molar-refractivity contribution is 5.97. The number of piperazine rings is 1. The van der Waals surface area contributed by atoms with Crippen LogP contribution in [0.4, 0.5) is 5.69 Å². The molecule has 2 fully saturated rings. The highest BCUT2D eigenvalue weighted by atomic mass is 16.5. The van der Waals surface area contributed by atoms with Crippen molar-refractivity contribution in [3.8, 4) is 11.1 Å². The number of carbonyl (C=O) groups excluding carboxylic acids is 1. The van der Waals surface area contributed by atoms with Gasteiger partial charge in [-0.3, -0.25) is 4.79 Å². The molecule has 2 saturated heterocycles. The van der Waals surface area contributed by atoms with Crippen molar-refractivity contribution in [1.29, 1.82) is 0 Å². The van der Waals surface area contributed by atoms with Crippen molar-refractivity contribution in [2.24, 2.45) is 0 Å². The Hall–Kier alpha value is -2.21. The lowest BCUT2D eigenvalue weighted by atomic mass is 9.75. The molecule has 0 bridgehead atoms. The lowest BCUT2D eigenvalue weighted by molar-refractivity contribution is -0.119. The molecule has 0 N–H and O–H groups in total. The summed E-state index contributed by atoms with van der Waals surface area (Å²) in [5.74, 6) is 0.261. The van der Waals surface area contributed by atoms with E-state index in [0.29, 0.717) is 6.42 Å². The lowest BCUT2D eigenvalue weighted by Gasteiger charge is -2.34. The first kappa shape index (κ1) is 21.6. The van der Waals surface area contributed by atoms with Gasteiger partial charge in [0.1, 0.15) is 0 Å². The molecule has 0 saturated carbocycles. The number of rotatable bonds is 4. The summed E-state index contributed by atoms with van der Waals surface area (Å²) in [5.41, 5.74) is 6.24. The molecule has 0 aliphatic carbocycles. The molecule has 2 aromatic carbocycles. The Morgan fingerprint density at radius 3 is 2.50 bits per heavy atom. The molecular weight excluding hydrogens is 398 g/mol. The number of likely N-dealkylation sites (N-methyl/N-ethyl adjacent to an activating group) is 1. The molecule has 1 amide bonds. The number of aryl methyl sites for hydroxylation is 1. The van der Waals surface area contributed by atoms with E-state index in [1.807, 2.05) is 0 Å². The largest absolute Gasteiger partial charge is 0.381 e. The number of anilines is 1. The van der Waals surface area contributed by atoms with Crippen LogP contribution in [0.1, 0.15) is 30.4 Å². The second kappa shape index (κ2) is 8.97. The average Bonchev–Trinajstić information content (AvgIpc) is 3.12. The van der Waals surface area contributed by atoms with Crippen molar-refractivity contribution in [3.63, 3.8) is 0 Å². The summed E-state index contributed by atoms with van der Waals surface area (Å²) in [5, 5.41) is 0. The van der Waals surface area contributed by atoms with Crippen molar-refractivity contribution in [2.45, 2.75) is 31.6 Å². The number of ether oxygens (including phenoxy) is 1. The fourth-order valence-corrected chi connectivity index (χ4v) is 5.55. The predicted molar refractivity (Wildman–Crippen MR) is 129 cm³/mol. The summed E-state index contributed by atoms with van der Waals surface area (Å²) in [6.45, 7) is 9.63. The van der Waals surface area contributed by atoms with Crippen molar-refractivity contribution in [2.75, 3.05) is 64.4 Å². The van der Waals surface area contributed by atoms with E-state index in [1.54, 1.807) is 0 Å². The molecule has 0 aromatic heterocycles. The van der Waals surface area contributed by atoms with Gasteiger partial charge in [-0.15, -0.1) is 0 Å². The smallest absolute Gasteiger partial charge is 0.228 e. The van der Waals surface area contributed by atoms with Gasteiger partial charge in [-0.2, -0.15) is 0 Å². The van der Waals surface area contributed by atoms with E-state index < -0.39 is 0 Å². The Balaban J connectivity index is 1.39. The monoisotopic (exact) mass is 433 g/mol. The molecule has 3 heterocycles. The van der Waals surface area contributed by atoms with Crippen LogP contribution in [0.25, 0.3) is 11.1 Å². The fourth-order valence-electron chi connectivity index (χ4n) is 5.55. The van der Waals surface area contributed by atoms with Gasteiger partial charge >= 0.3 is 0 Å². The summed E-state index contributed by atoms with van der Waals surface area (Å²) in [7, 11) is 2.17. The Kier molecular flexibility index (Phi) is 6.06. The van der Waals surface area contributed by atoms with E-state index in [4.69, 9.17) is 4.74 Å². The molecule has 0 unspecified atom stereocenters.